The zero-order valence-corrected chi connectivity index (χ0v) is 10.2. The number of carbonyl (C=O) groups is 1. The topological polar surface area (TPSA) is 35.5 Å². The molecule has 0 spiro atoms. The second-order valence-corrected chi connectivity index (χ2v) is 5.30. The molecule has 15 heavy (non-hydrogen) atoms. The molecule has 0 aromatic rings. The third-order valence-corrected chi connectivity index (χ3v) is 2.84. The largest absolute Gasteiger partial charge is 0.381 e. The minimum Gasteiger partial charge on any atom is -0.381 e. The number of hydrogen-bond acceptors (Lipinski definition) is 3. The van der Waals surface area contributed by atoms with E-state index in [9.17, 15) is 4.79 Å². The molecule has 0 saturated carbocycles. The lowest BCUT2D eigenvalue weighted by Gasteiger charge is -2.32. The van der Waals surface area contributed by atoms with E-state index in [2.05, 4.69) is 0 Å². The van der Waals surface area contributed by atoms with Crippen molar-refractivity contribution in [3.8, 4) is 0 Å². The summed E-state index contributed by atoms with van der Waals surface area (Å²) in [6, 6.07) is 0. The summed E-state index contributed by atoms with van der Waals surface area (Å²) in [7, 11) is 1.61. The maximum absolute atomic E-state index is 12.2. The Kier molecular flexibility index (Phi) is 4.29. The first-order chi connectivity index (χ1) is 6.96. The highest BCUT2D eigenvalue weighted by Crippen LogP contribution is 2.27. The Morgan fingerprint density at radius 3 is 2.53 bits per heavy atom. The Hall–Kier alpha value is -0.410. The van der Waals surface area contributed by atoms with Crippen molar-refractivity contribution in [2.45, 2.75) is 39.7 Å². The van der Waals surface area contributed by atoms with Gasteiger partial charge in [-0.15, -0.1) is 0 Å². The van der Waals surface area contributed by atoms with Crippen LogP contribution in [0.3, 0.4) is 0 Å². The molecular formula is C12H22O3. The molecule has 1 aliphatic heterocycles. The number of ketones is 1. The van der Waals surface area contributed by atoms with Crippen LogP contribution in [0.25, 0.3) is 0 Å². The van der Waals surface area contributed by atoms with E-state index in [0.29, 0.717) is 6.61 Å². The van der Waals surface area contributed by atoms with Crippen molar-refractivity contribution >= 4 is 5.78 Å². The highest BCUT2D eigenvalue weighted by atomic mass is 16.5. The third kappa shape index (κ3) is 3.28. The van der Waals surface area contributed by atoms with E-state index >= 15 is 0 Å². The Morgan fingerprint density at radius 1 is 1.47 bits per heavy atom. The number of Topliss-reactive ketones (excluding diaryl/α,β-unsaturated/α-hetero) is 1. The first-order valence-corrected chi connectivity index (χ1v) is 5.61. The second kappa shape index (κ2) is 5.08. The van der Waals surface area contributed by atoms with Gasteiger partial charge in [0, 0.05) is 19.6 Å². The van der Waals surface area contributed by atoms with Crippen LogP contribution in [-0.4, -0.2) is 32.2 Å². The third-order valence-electron chi connectivity index (χ3n) is 2.84. The minimum atomic E-state index is -0.316. The van der Waals surface area contributed by atoms with Crippen molar-refractivity contribution < 1.29 is 14.3 Å². The van der Waals surface area contributed by atoms with Crippen molar-refractivity contribution in [1.82, 2.24) is 0 Å². The van der Waals surface area contributed by atoms with Crippen LogP contribution in [0, 0.1) is 11.3 Å². The van der Waals surface area contributed by atoms with E-state index in [0.717, 1.165) is 19.4 Å². The van der Waals surface area contributed by atoms with Crippen molar-refractivity contribution in [1.29, 1.82) is 0 Å². The molecule has 0 amide bonds. The van der Waals surface area contributed by atoms with Crippen LogP contribution in [0.2, 0.25) is 0 Å². The summed E-state index contributed by atoms with van der Waals surface area (Å²) >= 11 is 0. The van der Waals surface area contributed by atoms with Gasteiger partial charge in [-0.1, -0.05) is 20.8 Å². The van der Waals surface area contributed by atoms with Gasteiger partial charge in [0.05, 0.1) is 6.61 Å². The normalized spacial score (nSPS) is 24.9. The van der Waals surface area contributed by atoms with E-state index < -0.39 is 0 Å². The van der Waals surface area contributed by atoms with E-state index in [1.54, 1.807) is 7.11 Å². The number of carbonyl (C=O) groups excluding carboxylic acids is 1. The van der Waals surface area contributed by atoms with Crippen LogP contribution in [0.4, 0.5) is 0 Å². The molecule has 1 aliphatic rings. The summed E-state index contributed by atoms with van der Waals surface area (Å²) in [6.07, 6.45) is 1.61. The zero-order chi connectivity index (χ0) is 11.5. The Labute approximate surface area is 92.1 Å². The predicted octanol–water partition coefficient (Wildman–Crippen LogP) is 2.04. The molecule has 1 heterocycles. The molecule has 3 nitrogen and oxygen atoms in total. The molecule has 2 unspecified atom stereocenters. The zero-order valence-electron chi connectivity index (χ0n) is 10.2. The molecule has 0 bridgehead atoms. The van der Waals surface area contributed by atoms with Crippen molar-refractivity contribution in [2.24, 2.45) is 11.3 Å². The van der Waals surface area contributed by atoms with Gasteiger partial charge in [0.2, 0.25) is 0 Å². The minimum absolute atomic E-state index is 0.0305. The van der Waals surface area contributed by atoms with Gasteiger partial charge in [-0.05, 0) is 18.3 Å². The molecule has 88 valence electrons. The summed E-state index contributed by atoms with van der Waals surface area (Å²) in [5, 5.41) is 0. The Bertz CT molecular complexity index is 211. The van der Waals surface area contributed by atoms with E-state index in [1.165, 1.54) is 0 Å². The van der Waals surface area contributed by atoms with E-state index in [4.69, 9.17) is 9.47 Å². The summed E-state index contributed by atoms with van der Waals surface area (Å²) in [6.45, 7) is 7.44. The van der Waals surface area contributed by atoms with Gasteiger partial charge in [0.1, 0.15) is 6.10 Å². The van der Waals surface area contributed by atoms with Crippen molar-refractivity contribution in [3.63, 3.8) is 0 Å². The quantitative estimate of drug-likeness (QED) is 0.721. The molecule has 3 heteroatoms. The fourth-order valence-electron chi connectivity index (χ4n) is 2.08. The lowest BCUT2D eigenvalue weighted by Crippen LogP contribution is -2.42. The fourth-order valence-corrected chi connectivity index (χ4v) is 2.08. The van der Waals surface area contributed by atoms with E-state index in [-0.39, 0.29) is 23.2 Å². The standard InChI is InChI=1S/C12H22O3/c1-12(2,3)11(14-4)10(13)9-6-5-7-15-8-9/h9,11H,5-8H2,1-4H3. The second-order valence-electron chi connectivity index (χ2n) is 5.30. The van der Waals surface area contributed by atoms with Gasteiger partial charge < -0.3 is 9.47 Å². The van der Waals surface area contributed by atoms with Gasteiger partial charge >= 0.3 is 0 Å². The average Bonchev–Trinajstić information content (AvgIpc) is 2.18. The molecule has 0 aromatic carbocycles. The maximum Gasteiger partial charge on any atom is 0.167 e. The van der Waals surface area contributed by atoms with Crippen LogP contribution < -0.4 is 0 Å². The molecule has 1 saturated heterocycles. The summed E-state index contributed by atoms with van der Waals surface area (Å²) < 4.78 is 10.7. The average molecular weight is 214 g/mol. The molecule has 1 rings (SSSR count). The smallest absolute Gasteiger partial charge is 0.167 e. The maximum atomic E-state index is 12.2. The molecule has 0 N–H and O–H groups in total. The molecule has 2 atom stereocenters. The number of hydrogen-bond donors (Lipinski definition) is 0. The lowest BCUT2D eigenvalue weighted by atomic mass is 9.81. The van der Waals surface area contributed by atoms with E-state index in [1.807, 2.05) is 20.8 Å². The number of ether oxygens (including phenoxy) is 2. The Balaban J connectivity index is 2.63. The molecule has 0 radical (unpaired) electrons. The first-order valence-electron chi connectivity index (χ1n) is 5.61. The number of rotatable bonds is 3. The number of methoxy groups -OCH3 is 1. The van der Waals surface area contributed by atoms with Crippen LogP contribution in [0.5, 0.6) is 0 Å². The predicted molar refractivity (Wildman–Crippen MR) is 58.8 cm³/mol. The highest BCUT2D eigenvalue weighted by molar-refractivity contribution is 5.86. The SMILES string of the molecule is COC(C(=O)C1CCCOC1)C(C)(C)C. The lowest BCUT2D eigenvalue weighted by molar-refractivity contribution is -0.143. The van der Waals surface area contributed by atoms with Gasteiger partial charge in [-0.3, -0.25) is 4.79 Å². The Morgan fingerprint density at radius 2 is 2.13 bits per heavy atom. The van der Waals surface area contributed by atoms with Gasteiger partial charge in [-0.25, -0.2) is 0 Å². The van der Waals surface area contributed by atoms with Gasteiger partial charge in [0.15, 0.2) is 5.78 Å². The van der Waals surface area contributed by atoms with Crippen molar-refractivity contribution in [2.75, 3.05) is 20.3 Å². The molecular weight excluding hydrogens is 192 g/mol. The summed E-state index contributed by atoms with van der Waals surface area (Å²) in [4.78, 5) is 12.2. The summed E-state index contributed by atoms with van der Waals surface area (Å²) in [5.74, 6) is 0.229. The molecule has 0 aromatic heterocycles. The summed E-state index contributed by atoms with van der Waals surface area (Å²) in [5.41, 5.74) is -0.136. The highest BCUT2D eigenvalue weighted by Gasteiger charge is 2.36. The van der Waals surface area contributed by atoms with Crippen LogP contribution >= 0.6 is 0 Å². The molecule has 1 fully saturated rings. The molecule has 0 aliphatic carbocycles. The van der Waals surface area contributed by atoms with Crippen LogP contribution in [-0.2, 0) is 14.3 Å². The van der Waals surface area contributed by atoms with Crippen LogP contribution in [0.1, 0.15) is 33.6 Å². The first kappa shape index (κ1) is 12.7. The van der Waals surface area contributed by atoms with Gasteiger partial charge in [0.25, 0.3) is 0 Å². The van der Waals surface area contributed by atoms with Crippen molar-refractivity contribution in [3.05, 3.63) is 0 Å². The monoisotopic (exact) mass is 214 g/mol. The van der Waals surface area contributed by atoms with Gasteiger partial charge in [-0.2, -0.15) is 0 Å². The fraction of sp³-hybridized carbons (Fsp3) is 0.917. The van der Waals surface area contributed by atoms with Crippen LogP contribution in [0.15, 0.2) is 0 Å².